The molecule has 0 atom stereocenters. The van der Waals surface area contributed by atoms with Crippen LogP contribution in [0.2, 0.25) is 0 Å². The van der Waals surface area contributed by atoms with Crippen molar-refractivity contribution < 1.29 is 4.92 Å². The topological polar surface area (TPSA) is 55.2 Å². The summed E-state index contributed by atoms with van der Waals surface area (Å²) in [5, 5.41) is 14.3. The van der Waals surface area contributed by atoms with Crippen LogP contribution in [0.1, 0.15) is 36.5 Å². The second-order valence-corrected chi connectivity index (χ2v) is 5.45. The van der Waals surface area contributed by atoms with Gasteiger partial charge in [0.2, 0.25) is 0 Å². The normalized spacial score (nSPS) is 10.7. The van der Waals surface area contributed by atoms with Gasteiger partial charge < -0.3 is 5.32 Å². The lowest BCUT2D eigenvalue weighted by molar-refractivity contribution is -0.385. The molecule has 0 saturated carbocycles. The molecule has 0 saturated heterocycles. The smallest absolute Gasteiger partial charge is 0.272 e. The van der Waals surface area contributed by atoms with Gasteiger partial charge in [0, 0.05) is 23.9 Å². The van der Waals surface area contributed by atoms with Crippen LogP contribution in [-0.4, -0.2) is 4.92 Å². The highest BCUT2D eigenvalue weighted by Crippen LogP contribution is 2.23. The molecule has 0 aliphatic heterocycles. The van der Waals surface area contributed by atoms with Gasteiger partial charge in [-0.25, -0.2) is 0 Å². The number of nitro groups is 1. The van der Waals surface area contributed by atoms with Crippen LogP contribution in [0.15, 0.2) is 42.5 Å². The molecule has 21 heavy (non-hydrogen) atoms. The summed E-state index contributed by atoms with van der Waals surface area (Å²) in [5.41, 5.74) is 4.14. The Morgan fingerprint density at radius 1 is 1.19 bits per heavy atom. The predicted octanol–water partition coefficient (Wildman–Crippen LogP) is 4.64. The van der Waals surface area contributed by atoms with Crippen LogP contribution in [0.4, 0.5) is 11.4 Å². The minimum atomic E-state index is -0.335. The first-order valence-electron chi connectivity index (χ1n) is 7.05. The van der Waals surface area contributed by atoms with Crippen LogP contribution >= 0.6 is 0 Å². The Kier molecular flexibility index (Phi) is 4.58. The van der Waals surface area contributed by atoms with E-state index in [0.717, 1.165) is 16.8 Å². The van der Waals surface area contributed by atoms with Crippen molar-refractivity contribution in [1.82, 2.24) is 0 Å². The monoisotopic (exact) mass is 284 g/mol. The Morgan fingerprint density at radius 3 is 2.57 bits per heavy atom. The van der Waals surface area contributed by atoms with Crippen molar-refractivity contribution in [2.24, 2.45) is 0 Å². The molecular formula is C17H20N2O2. The third kappa shape index (κ3) is 3.60. The highest BCUT2D eigenvalue weighted by atomic mass is 16.6. The fourth-order valence-electron chi connectivity index (χ4n) is 2.26. The Labute approximate surface area is 125 Å². The molecule has 0 bridgehead atoms. The molecule has 4 nitrogen and oxygen atoms in total. The fourth-order valence-corrected chi connectivity index (χ4v) is 2.26. The van der Waals surface area contributed by atoms with Gasteiger partial charge >= 0.3 is 0 Å². The van der Waals surface area contributed by atoms with Crippen molar-refractivity contribution in [2.45, 2.75) is 33.2 Å². The summed E-state index contributed by atoms with van der Waals surface area (Å²) in [5.74, 6) is 0.478. The minimum absolute atomic E-state index is 0.172. The summed E-state index contributed by atoms with van der Waals surface area (Å²) in [4.78, 5) is 10.6. The van der Waals surface area contributed by atoms with E-state index in [2.05, 4.69) is 31.3 Å². The maximum Gasteiger partial charge on any atom is 0.272 e. The molecular weight excluding hydrogens is 264 g/mol. The second kappa shape index (κ2) is 6.39. The first kappa shape index (κ1) is 15.0. The Bertz CT molecular complexity index is 651. The van der Waals surface area contributed by atoms with Crippen LogP contribution in [0.5, 0.6) is 0 Å². The lowest BCUT2D eigenvalue weighted by atomic mass is 10.0. The van der Waals surface area contributed by atoms with Gasteiger partial charge in [-0.1, -0.05) is 38.1 Å². The van der Waals surface area contributed by atoms with E-state index in [0.29, 0.717) is 12.5 Å². The van der Waals surface area contributed by atoms with Crippen molar-refractivity contribution in [3.05, 3.63) is 69.3 Å². The number of nitrogens with zero attached hydrogens (tertiary/aromatic N) is 1. The van der Waals surface area contributed by atoms with Crippen molar-refractivity contribution >= 4 is 11.4 Å². The van der Waals surface area contributed by atoms with E-state index in [1.54, 1.807) is 13.0 Å². The molecule has 0 radical (unpaired) electrons. The van der Waals surface area contributed by atoms with Gasteiger partial charge in [-0.2, -0.15) is 0 Å². The molecule has 0 amide bonds. The third-order valence-corrected chi connectivity index (χ3v) is 3.65. The largest absolute Gasteiger partial charge is 0.381 e. The van der Waals surface area contributed by atoms with Crippen LogP contribution in [0.25, 0.3) is 0 Å². The van der Waals surface area contributed by atoms with Crippen molar-refractivity contribution in [1.29, 1.82) is 0 Å². The minimum Gasteiger partial charge on any atom is -0.381 e. The Morgan fingerprint density at radius 2 is 1.90 bits per heavy atom. The number of nitro benzene ring substituents is 1. The molecule has 0 heterocycles. The van der Waals surface area contributed by atoms with Crippen LogP contribution < -0.4 is 5.32 Å². The molecule has 1 N–H and O–H groups in total. The van der Waals surface area contributed by atoms with E-state index in [1.807, 2.05) is 18.2 Å². The molecule has 2 rings (SSSR count). The van der Waals surface area contributed by atoms with Crippen molar-refractivity contribution in [3.63, 3.8) is 0 Å². The maximum absolute atomic E-state index is 11.0. The molecule has 0 fully saturated rings. The number of rotatable bonds is 5. The number of anilines is 1. The van der Waals surface area contributed by atoms with Gasteiger partial charge in [0.05, 0.1) is 4.92 Å². The highest BCUT2D eigenvalue weighted by molar-refractivity contribution is 5.49. The molecule has 0 aromatic heterocycles. The second-order valence-electron chi connectivity index (χ2n) is 5.45. The van der Waals surface area contributed by atoms with E-state index in [-0.39, 0.29) is 10.6 Å². The van der Waals surface area contributed by atoms with E-state index in [1.165, 1.54) is 11.6 Å². The summed E-state index contributed by atoms with van der Waals surface area (Å²) in [7, 11) is 0. The number of hydrogen-bond donors (Lipinski definition) is 1. The molecule has 110 valence electrons. The summed E-state index contributed by atoms with van der Waals surface area (Å²) in [6, 6.07) is 13.5. The fraction of sp³-hybridized carbons (Fsp3) is 0.294. The average Bonchev–Trinajstić information content (AvgIpc) is 2.46. The quantitative estimate of drug-likeness (QED) is 0.643. The predicted molar refractivity (Wildman–Crippen MR) is 85.7 cm³/mol. The SMILES string of the molecule is Cc1c(CNc2cccc(C(C)C)c2)cccc1[N+](=O)[O-]. The summed E-state index contributed by atoms with van der Waals surface area (Å²) < 4.78 is 0. The number of nitrogens with one attached hydrogen (secondary N) is 1. The van der Waals surface area contributed by atoms with Gasteiger partial charge in [-0.3, -0.25) is 10.1 Å². The molecule has 2 aromatic rings. The van der Waals surface area contributed by atoms with Crippen LogP contribution in [0.3, 0.4) is 0 Å². The zero-order chi connectivity index (χ0) is 15.4. The zero-order valence-electron chi connectivity index (χ0n) is 12.6. The highest BCUT2D eigenvalue weighted by Gasteiger charge is 2.12. The summed E-state index contributed by atoms with van der Waals surface area (Å²) in [6.07, 6.45) is 0. The number of benzene rings is 2. The third-order valence-electron chi connectivity index (χ3n) is 3.65. The first-order valence-corrected chi connectivity index (χ1v) is 7.05. The molecule has 0 aliphatic carbocycles. The van der Waals surface area contributed by atoms with Gasteiger partial charge in [0.1, 0.15) is 0 Å². The van der Waals surface area contributed by atoms with Crippen molar-refractivity contribution in [3.8, 4) is 0 Å². The lowest BCUT2D eigenvalue weighted by Gasteiger charge is -2.12. The Hall–Kier alpha value is -2.36. The van der Waals surface area contributed by atoms with Gasteiger partial charge in [0.15, 0.2) is 0 Å². The molecule has 0 unspecified atom stereocenters. The zero-order valence-corrected chi connectivity index (χ0v) is 12.6. The first-order chi connectivity index (χ1) is 9.99. The van der Waals surface area contributed by atoms with Crippen LogP contribution in [-0.2, 0) is 6.54 Å². The number of hydrogen-bond acceptors (Lipinski definition) is 3. The van der Waals surface area contributed by atoms with Crippen molar-refractivity contribution in [2.75, 3.05) is 5.32 Å². The van der Waals surface area contributed by atoms with Gasteiger partial charge in [0.25, 0.3) is 5.69 Å². The van der Waals surface area contributed by atoms with Gasteiger partial charge in [-0.05, 0) is 36.1 Å². The molecule has 0 aliphatic rings. The van der Waals surface area contributed by atoms with Gasteiger partial charge in [-0.15, -0.1) is 0 Å². The Balaban J connectivity index is 2.15. The maximum atomic E-state index is 11.0. The summed E-state index contributed by atoms with van der Waals surface area (Å²) >= 11 is 0. The standard InChI is InChI=1S/C17H20N2O2/c1-12(2)14-6-4-8-16(10-14)18-11-15-7-5-9-17(13(15)3)19(20)21/h4-10,12,18H,11H2,1-3H3. The van der Waals surface area contributed by atoms with E-state index >= 15 is 0 Å². The summed E-state index contributed by atoms with van der Waals surface area (Å²) in [6.45, 7) is 6.68. The van der Waals surface area contributed by atoms with Crippen LogP contribution in [0, 0.1) is 17.0 Å². The van der Waals surface area contributed by atoms with E-state index in [9.17, 15) is 10.1 Å². The molecule has 4 heteroatoms. The van der Waals surface area contributed by atoms with E-state index < -0.39 is 0 Å². The average molecular weight is 284 g/mol. The molecule has 0 spiro atoms. The lowest BCUT2D eigenvalue weighted by Crippen LogP contribution is -2.03. The van der Waals surface area contributed by atoms with E-state index in [4.69, 9.17) is 0 Å². The molecule has 2 aromatic carbocycles.